The number of hydrogen-bond donors (Lipinski definition) is 1. The van der Waals surface area contributed by atoms with Crippen molar-refractivity contribution in [2.24, 2.45) is 0 Å². The first-order valence-corrected chi connectivity index (χ1v) is 9.64. The number of hydrogen-bond acceptors (Lipinski definition) is 5. The van der Waals surface area contributed by atoms with Crippen LogP contribution in [-0.2, 0) is 6.54 Å². The highest BCUT2D eigenvalue weighted by atomic mass is 79.9. The number of methoxy groups -OCH3 is 2. The topological polar surface area (TPSA) is 82.5 Å². The Kier molecular flexibility index (Phi) is 6.66. The Morgan fingerprint density at radius 3 is 2.41 bits per heavy atom. The standard InChI is InChI=1S/C21H20BrN3O4/c1-28-15-5-3-14(4-6-15)19-12-20(26)25(13-24-19)10-9-23-21(27)17-11-16(29-2)7-8-18(17)22/h3-8,11-13H,9-10H2,1-2H3,(H,23,27). The Morgan fingerprint density at radius 2 is 1.76 bits per heavy atom. The van der Waals surface area contributed by atoms with E-state index in [0.717, 1.165) is 11.3 Å². The maximum Gasteiger partial charge on any atom is 0.253 e. The summed E-state index contributed by atoms with van der Waals surface area (Å²) in [6, 6.07) is 14.0. The first kappa shape index (κ1) is 20.6. The Hall–Kier alpha value is -3.13. The number of benzene rings is 2. The molecule has 0 bridgehead atoms. The van der Waals surface area contributed by atoms with E-state index in [9.17, 15) is 9.59 Å². The van der Waals surface area contributed by atoms with Crippen LogP contribution in [0.2, 0.25) is 0 Å². The second kappa shape index (κ2) is 9.38. The molecule has 0 atom stereocenters. The van der Waals surface area contributed by atoms with Crippen molar-refractivity contribution in [3.8, 4) is 22.8 Å². The molecule has 150 valence electrons. The molecule has 0 saturated heterocycles. The minimum absolute atomic E-state index is 0.192. The van der Waals surface area contributed by atoms with Gasteiger partial charge >= 0.3 is 0 Å². The number of carbonyl (C=O) groups is 1. The van der Waals surface area contributed by atoms with Crippen molar-refractivity contribution >= 4 is 21.8 Å². The molecule has 2 aromatic carbocycles. The second-order valence-corrected chi connectivity index (χ2v) is 6.99. The summed E-state index contributed by atoms with van der Waals surface area (Å²) in [7, 11) is 3.14. The van der Waals surface area contributed by atoms with Crippen LogP contribution in [0.5, 0.6) is 11.5 Å². The first-order chi connectivity index (χ1) is 14.0. The molecule has 0 spiro atoms. The van der Waals surface area contributed by atoms with Crippen LogP contribution < -0.4 is 20.3 Å². The minimum atomic E-state index is -0.258. The molecule has 0 radical (unpaired) electrons. The molecule has 1 N–H and O–H groups in total. The molecule has 0 saturated carbocycles. The summed E-state index contributed by atoms with van der Waals surface area (Å²) in [4.78, 5) is 29.1. The Bertz CT molecular complexity index is 1060. The van der Waals surface area contributed by atoms with Gasteiger partial charge < -0.3 is 14.8 Å². The van der Waals surface area contributed by atoms with E-state index in [0.29, 0.717) is 28.0 Å². The summed E-state index contributed by atoms with van der Waals surface area (Å²) < 4.78 is 12.4. The number of aromatic nitrogens is 2. The third-order valence-electron chi connectivity index (χ3n) is 4.32. The highest BCUT2D eigenvalue weighted by Crippen LogP contribution is 2.22. The van der Waals surface area contributed by atoms with Gasteiger partial charge in [0.25, 0.3) is 11.5 Å². The smallest absolute Gasteiger partial charge is 0.253 e. The van der Waals surface area contributed by atoms with Gasteiger partial charge in [0.2, 0.25) is 0 Å². The number of rotatable bonds is 7. The predicted octanol–water partition coefficient (Wildman–Crippen LogP) is 3.12. The van der Waals surface area contributed by atoms with Crippen LogP contribution in [-0.4, -0.2) is 36.2 Å². The Labute approximate surface area is 176 Å². The molecular formula is C21H20BrN3O4. The number of amides is 1. The normalized spacial score (nSPS) is 10.4. The number of halogens is 1. The van der Waals surface area contributed by atoms with Gasteiger partial charge in [0.1, 0.15) is 11.5 Å². The SMILES string of the molecule is COc1ccc(-c2cc(=O)n(CCNC(=O)c3cc(OC)ccc3Br)cn2)cc1. The first-order valence-electron chi connectivity index (χ1n) is 8.84. The molecule has 0 aliphatic carbocycles. The zero-order valence-corrected chi connectivity index (χ0v) is 17.6. The zero-order chi connectivity index (χ0) is 20.8. The van der Waals surface area contributed by atoms with Gasteiger partial charge in [-0.2, -0.15) is 0 Å². The van der Waals surface area contributed by atoms with Crippen molar-refractivity contribution in [1.29, 1.82) is 0 Å². The maximum absolute atomic E-state index is 12.4. The zero-order valence-electron chi connectivity index (χ0n) is 16.0. The van der Waals surface area contributed by atoms with Crippen LogP contribution in [0.4, 0.5) is 0 Å². The van der Waals surface area contributed by atoms with E-state index in [1.165, 1.54) is 17.0 Å². The lowest BCUT2D eigenvalue weighted by Gasteiger charge is -2.10. The van der Waals surface area contributed by atoms with Gasteiger partial charge in [-0.1, -0.05) is 0 Å². The van der Waals surface area contributed by atoms with Gasteiger partial charge in [-0.3, -0.25) is 14.2 Å². The second-order valence-electron chi connectivity index (χ2n) is 6.14. The summed E-state index contributed by atoms with van der Waals surface area (Å²) in [6.07, 6.45) is 1.48. The largest absolute Gasteiger partial charge is 0.497 e. The van der Waals surface area contributed by atoms with Crippen LogP contribution in [0, 0.1) is 0 Å². The van der Waals surface area contributed by atoms with Crippen LogP contribution in [0.3, 0.4) is 0 Å². The van der Waals surface area contributed by atoms with Crippen molar-refractivity contribution in [1.82, 2.24) is 14.9 Å². The molecule has 1 heterocycles. The van der Waals surface area contributed by atoms with Crippen LogP contribution in [0.25, 0.3) is 11.3 Å². The lowest BCUT2D eigenvalue weighted by atomic mass is 10.1. The summed E-state index contributed by atoms with van der Waals surface area (Å²) in [6.45, 7) is 0.591. The van der Waals surface area contributed by atoms with Gasteiger partial charge in [0, 0.05) is 29.2 Å². The van der Waals surface area contributed by atoms with Crippen molar-refractivity contribution in [2.75, 3.05) is 20.8 Å². The Morgan fingerprint density at radius 1 is 1.07 bits per heavy atom. The third kappa shape index (κ3) is 5.03. The van der Waals surface area contributed by atoms with Crippen molar-refractivity contribution in [2.45, 2.75) is 6.54 Å². The molecule has 0 aliphatic rings. The highest BCUT2D eigenvalue weighted by Gasteiger charge is 2.11. The third-order valence-corrected chi connectivity index (χ3v) is 5.01. The summed E-state index contributed by atoms with van der Waals surface area (Å²) in [5.74, 6) is 1.07. The molecule has 0 fully saturated rings. The molecule has 7 nitrogen and oxygen atoms in total. The van der Waals surface area contributed by atoms with Crippen LogP contribution in [0.1, 0.15) is 10.4 Å². The monoisotopic (exact) mass is 457 g/mol. The van der Waals surface area contributed by atoms with Gasteiger partial charge in [0.15, 0.2) is 0 Å². The fraction of sp³-hybridized carbons (Fsp3) is 0.190. The maximum atomic E-state index is 12.4. The van der Waals surface area contributed by atoms with E-state index in [2.05, 4.69) is 26.2 Å². The molecule has 29 heavy (non-hydrogen) atoms. The van der Waals surface area contributed by atoms with E-state index >= 15 is 0 Å². The summed E-state index contributed by atoms with van der Waals surface area (Å²) >= 11 is 3.36. The summed E-state index contributed by atoms with van der Waals surface area (Å²) in [5, 5.41) is 2.80. The van der Waals surface area contributed by atoms with Crippen LogP contribution >= 0.6 is 15.9 Å². The number of nitrogens with zero attached hydrogens (tertiary/aromatic N) is 2. The van der Waals surface area contributed by atoms with E-state index in [1.54, 1.807) is 32.4 Å². The van der Waals surface area contributed by atoms with E-state index in [1.807, 2.05) is 24.3 Å². The van der Waals surface area contributed by atoms with Gasteiger partial charge in [-0.05, 0) is 58.4 Å². The van der Waals surface area contributed by atoms with E-state index < -0.39 is 0 Å². The molecule has 0 aliphatic heterocycles. The fourth-order valence-corrected chi connectivity index (χ4v) is 3.13. The quantitative estimate of drug-likeness (QED) is 0.589. The minimum Gasteiger partial charge on any atom is -0.497 e. The highest BCUT2D eigenvalue weighted by molar-refractivity contribution is 9.10. The van der Waals surface area contributed by atoms with E-state index in [4.69, 9.17) is 9.47 Å². The average Bonchev–Trinajstić information content (AvgIpc) is 2.75. The van der Waals surface area contributed by atoms with Gasteiger partial charge in [-0.25, -0.2) is 4.98 Å². The molecule has 3 rings (SSSR count). The fourth-order valence-electron chi connectivity index (χ4n) is 2.70. The lowest BCUT2D eigenvalue weighted by molar-refractivity contribution is 0.0951. The molecule has 8 heteroatoms. The molecule has 1 aromatic heterocycles. The number of carbonyl (C=O) groups excluding carboxylic acids is 1. The average molecular weight is 458 g/mol. The molecule has 0 unspecified atom stereocenters. The van der Waals surface area contributed by atoms with Crippen molar-refractivity contribution in [3.05, 3.63) is 75.2 Å². The summed E-state index contributed by atoms with van der Waals surface area (Å²) in [5.41, 5.74) is 1.68. The lowest BCUT2D eigenvalue weighted by Crippen LogP contribution is -2.31. The van der Waals surface area contributed by atoms with E-state index in [-0.39, 0.29) is 18.0 Å². The number of ether oxygens (including phenoxy) is 2. The van der Waals surface area contributed by atoms with Crippen LogP contribution in [0.15, 0.2) is 64.1 Å². The molecule has 1 amide bonds. The Balaban J connectivity index is 1.64. The van der Waals surface area contributed by atoms with Crippen molar-refractivity contribution in [3.63, 3.8) is 0 Å². The molecule has 3 aromatic rings. The predicted molar refractivity (Wildman–Crippen MR) is 114 cm³/mol. The van der Waals surface area contributed by atoms with Gasteiger partial charge in [-0.15, -0.1) is 0 Å². The molecular weight excluding hydrogens is 438 g/mol. The van der Waals surface area contributed by atoms with Crippen molar-refractivity contribution < 1.29 is 14.3 Å². The van der Waals surface area contributed by atoms with Gasteiger partial charge in [0.05, 0.1) is 31.8 Å². The number of nitrogens with one attached hydrogen (secondary N) is 1.